The van der Waals surface area contributed by atoms with E-state index in [1.165, 1.54) is 19.8 Å². The first-order valence-corrected chi connectivity index (χ1v) is 10.4. The Morgan fingerprint density at radius 1 is 1.00 bits per heavy atom. The first kappa shape index (κ1) is 23.1. The van der Waals surface area contributed by atoms with Gasteiger partial charge in [0.05, 0.1) is 14.2 Å². The van der Waals surface area contributed by atoms with Gasteiger partial charge in [0.1, 0.15) is 0 Å². The SMILES string of the molecule is COc1cc(C(=O)N2CCN(C/C=C/c3ccccc3)CC2)cc(OC)c1OCC(N)=O. The molecule has 0 saturated carbocycles. The lowest BCUT2D eigenvalue weighted by Gasteiger charge is -2.34. The van der Waals surface area contributed by atoms with Gasteiger partial charge in [0.2, 0.25) is 5.75 Å². The summed E-state index contributed by atoms with van der Waals surface area (Å²) < 4.78 is 16.1. The lowest BCUT2D eigenvalue weighted by molar-refractivity contribution is -0.120. The van der Waals surface area contributed by atoms with Crippen LogP contribution in [0.15, 0.2) is 48.5 Å². The number of ether oxygens (including phenoxy) is 3. The van der Waals surface area contributed by atoms with Crippen molar-refractivity contribution in [3.8, 4) is 17.2 Å². The maximum absolute atomic E-state index is 13.1. The number of carbonyl (C=O) groups excluding carboxylic acids is 2. The lowest BCUT2D eigenvalue weighted by atomic mass is 10.1. The van der Waals surface area contributed by atoms with Crippen LogP contribution in [0.5, 0.6) is 17.2 Å². The molecule has 0 spiro atoms. The molecule has 32 heavy (non-hydrogen) atoms. The van der Waals surface area contributed by atoms with Crippen LogP contribution in [0.2, 0.25) is 0 Å². The third kappa shape index (κ3) is 6.01. The summed E-state index contributed by atoms with van der Waals surface area (Å²) in [4.78, 5) is 28.3. The second kappa shape index (κ2) is 11.2. The Bertz CT molecular complexity index is 928. The molecule has 170 valence electrons. The molecule has 1 aliphatic rings. The third-order valence-corrected chi connectivity index (χ3v) is 5.20. The fourth-order valence-electron chi connectivity index (χ4n) is 3.51. The van der Waals surface area contributed by atoms with Gasteiger partial charge >= 0.3 is 0 Å². The maximum atomic E-state index is 13.1. The highest BCUT2D eigenvalue weighted by Gasteiger charge is 2.24. The second-order valence-electron chi connectivity index (χ2n) is 7.37. The summed E-state index contributed by atoms with van der Waals surface area (Å²) in [5, 5.41) is 0. The Kier molecular flexibility index (Phi) is 8.10. The zero-order valence-corrected chi connectivity index (χ0v) is 18.5. The summed E-state index contributed by atoms with van der Waals surface area (Å²) in [5.41, 5.74) is 6.76. The van der Waals surface area contributed by atoms with Gasteiger partial charge in [-0.05, 0) is 17.7 Å². The maximum Gasteiger partial charge on any atom is 0.255 e. The Morgan fingerprint density at radius 3 is 2.19 bits per heavy atom. The molecule has 2 aromatic carbocycles. The minimum absolute atomic E-state index is 0.109. The Balaban J connectivity index is 1.61. The number of carbonyl (C=O) groups is 2. The molecule has 0 aromatic heterocycles. The van der Waals surface area contributed by atoms with Crippen molar-refractivity contribution in [1.82, 2.24) is 9.80 Å². The first-order chi connectivity index (χ1) is 15.5. The number of nitrogens with two attached hydrogens (primary N) is 1. The highest BCUT2D eigenvalue weighted by molar-refractivity contribution is 5.95. The Labute approximate surface area is 188 Å². The molecule has 8 nitrogen and oxygen atoms in total. The topological polar surface area (TPSA) is 94.3 Å². The van der Waals surface area contributed by atoms with Crippen LogP contribution in [0.1, 0.15) is 15.9 Å². The molecule has 1 aliphatic heterocycles. The van der Waals surface area contributed by atoms with Crippen LogP contribution in [-0.2, 0) is 4.79 Å². The molecule has 2 N–H and O–H groups in total. The Morgan fingerprint density at radius 2 is 1.62 bits per heavy atom. The van der Waals surface area contributed by atoms with Crippen LogP contribution in [0.4, 0.5) is 0 Å². The molecule has 0 radical (unpaired) electrons. The van der Waals surface area contributed by atoms with Crippen molar-refractivity contribution < 1.29 is 23.8 Å². The average Bonchev–Trinajstić information content (AvgIpc) is 2.82. The number of amides is 2. The van der Waals surface area contributed by atoms with E-state index in [1.807, 2.05) is 23.1 Å². The molecule has 2 aromatic rings. The number of hydrogen-bond donors (Lipinski definition) is 1. The van der Waals surface area contributed by atoms with E-state index < -0.39 is 5.91 Å². The van der Waals surface area contributed by atoms with Crippen LogP contribution in [0, 0.1) is 0 Å². The van der Waals surface area contributed by atoms with Crippen LogP contribution in [0.3, 0.4) is 0 Å². The number of hydrogen-bond acceptors (Lipinski definition) is 6. The number of piperazine rings is 1. The van der Waals surface area contributed by atoms with Gasteiger partial charge < -0.3 is 24.8 Å². The summed E-state index contributed by atoms with van der Waals surface area (Å²) in [6.07, 6.45) is 4.26. The van der Waals surface area contributed by atoms with Gasteiger partial charge in [-0.3, -0.25) is 14.5 Å². The smallest absolute Gasteiger partial charge is 0.255 e. The van der Waals surface area contributed by atoms with Gasteiger partial charge in [0, 0.05) is 38.3 Å². The summed E-state index contributed by atoms with van der Waals surface area (Å²) in [6, 6.07) is 13.4. The molecular formula is C24H29N3O5. The lowest BCUT2D eigenvalue weighted by Crippen LogP contribution is -2.48. The van der Waals surface area contributed by atoms with E-state index in [4.69, 9.17) is 19.9 Å². The highest BCUT2D eigenvalue weighted by Crippen LogP contribution is 2.39. The summed E-state index contributed by atoms with van der Waals surface area (Å²) in [5.74, 6) is 0.117. The van der Waals surface area contributed by atoms with Crippen LogP contribution >= 0.6 is 0 Å². The summed E-state index contributed by atoms with van der Waals surface area (Å²) in [6.45, 7) is 3.36. The van der Waals surface area contributed by atoms with Gasteiger partial charge in [0.25, 0.3) is 11.8 Å². The van der Waals surface area contributed by atoms with Crippen molar-refractivity contribution in [3.05, 3.63) is 59.7 Å². The minimum atomic E-state index is -0.620. The molecule has 1 heterocycles. The molecule has 0 atom stereocenters. The quantitative estimate of drug-likeness (QED) is 0.643. The molecule has 0 bridgehead atoms. The molecule has 2 amide bonds. The minimum Gasteiger partial charge on any atom is -0.493 e. The molecule has 8 heteroatoms. The number of rotatable bonds is 9. The second-order valence-corrected chi connectivity index (χ2v) is 7.37. The normalized spacial score (nSPS) is 14.4. The van der Waals surface area contributed by atoms with Gasteiger partial charge in [0.15, 0.2) is 18.1 Å². The molecule has 0 unspecified atom stereocenters. The van der Waals surface area contributed by atoms with Crippen molar-refractivity contribution >= 4 is 17.9 Å². The fourth-order valence-corrected chi connectivity index (χ4v) is 3.51. The summed E-state index contributed by atoms with van der Waals surface area (Å²) in [7, 11) is 2.92. The van der Waals surface area contributed by atoms with Crippen molar-refractivity contribution in [2.24, 2.45) is 5.73 Å². The average molecular weight is 440 g/mol. The highest BCUT2D eigenvalue weighted by atomic mass is 16.5. The largest absolute Gasteiger partial charge is 0.493 e. The van der Waals surface area contributed by atoms with Crippen LogP contribution < -0.4 is 19.9 Å². The first-order valence-electron chi connectivity index (χ1n) is 10.4. The van der Waals surface area contributed by atoms with Crippen molar-refractivity contribution in [1.29, 1.82) is 0 Å². The standard InChI is InChI=1S/C24H29N3O5/c1-30-20-15-19(16-21(31-2)23(20)32-17-22(25)28)24(29)27-13-11-26(12-14-27)10-6-9-18-7-4-3-5-8-18/h3-9,15-16H,10-14,17H2,1-2H3,(H2,25,28)/b9-6+. The zero-order chi connectivity index (χ0) is 22.9. The van der Waals surface area contributed by atoms with E-state index in [0.29, 0.717) is 30.2 Å². The molecule has 1 saturated heterocycles. The van der Waals surface area contributed by atoms with E-state index in [0.717, 1.165) is 19.6 Å². The predicted octanol–water partition coefficient (Wildman–Crippen LogP) is 2.04. The monoisotopic (exact) mass is 439 g/mol. The van der Waals surface area contributed by atoms with E-state index in [2.05, 4.69) is 29.2 Å². The predicted molar refractivity (Wildman–Crippen MR) is 122 cm³/mol. The van der Waals surface area contributed by atoms with Crippen molar-refractivity contribution in [2.45, 2.75) is 0 Å². The van der Waals surface area contributed by atoms with E-state index >= 15 is 0 Å². The molecule has 1 fully saturated rings. The number of primary amides is 1. The van der Waals surface area contributed by atoms with E-state index in [9.17, 15) is 9.59 Å². The van der Waals surface area contributed by atoms with Gasteiger partial charge in [-0.2, -0.15) is 0 Å². The van der Waals surface area contributed by atoms with Crippen molar-refractivity contribution in [3.63, 3.8) is 0 Å². The molecule has 0 aliphatic carbocycles. The van der Waals surface area contributed by atoms with Crippen molar-refractivity contribution in [2.75, 3.05) is 53.6 Å². The molecule has 3 rings (SSSR count). The van der Waals surface area contributed by atoms with Crippen LogP contribution in [-0.4, -0.2) is 75.2 Å². The Hall–Kier alpha value is -3.52. The zero-order valence-electron chi connectivity index (χ0n) is 18.5. The number of methoxy groups -OCH3 is 2. The van der Waals surface area contributed by atoms with Gasteiger partial charge in [-0.25, -0.2) is 0 Å². The third-order valence-electron chi connectivity index (χ3n) is 5.20. The van der Waals surface area contributed by atoms with Gasteiger partial charge in [-0.1, -0.05) is 42.5 Å². The molecular weight excluding hydrogens is 410 g/mol. The number of benzene rings is 2. The fraction of sp³-hybridized carbons (Fsp3) is 0.333. The number of nitrogens with zero attached hydrogens (tertiary/aromatic N) is 2. The van der Waals surface area contributed by atoms with E-state index in [-0.39, 0.29) is 18.3 Å². The van der Waals surface area contributed by atoms with Crippen LogP contribution in [0.25, 0.3) is 6.08 Å². The van der Waals surface area contributed by atoms with E-state index in [1.54, 1.807) is 12.1 Å². The summed E-state index contributed by atoms with van der Waals surface area (Å²) >= 11 is 0. The van der Waals surface area contributed by atoms with Gasteiger partial charge in [-0.15, -0.1) is 0 Å².